The van der Waals surface area contributed by atoms with Crippen LogP contribution in [0.25, 0.3) is 0 Å². The van der Waals surface area contributed by atoms with Gasteiger partial charge in [0.05, 0.1) is 13.7 Å². The van der Waals surface area contributed by atoms with Gasteiger partial charge in [-0.3, -0.25) is 14.8 Å². The standard InChI is InChI=1S/C17H23N5O2/c1-24-14-6-4-12(5-7-14)9-16-19-17(21-20-16)13-3-2-8-22(10-13)11-15(18)23/h4-7,13H,2-3,8-11H2,1H3,(H2,18,23)(H,19,20,21). The number of nitrogens with two attached hydrogens (primary N) is 1. The molecule has 1 aromatic carbocycles. The highest BCUT2D eigenvalue weighted by molar-refractivity contribution is 5.75. The molecule has 3 rings (SSSR count). The lowest BCUT2D eigenvalue weighted by Crippen LogP contribution is -2.40. The maximum Gasteiger partial charge on any atom is 0.231 e. The number of nitrogens with zero attached hydrogens (tertiary/aromatic N) is 3. The number of aromatic amines is 1. The summed E-state index contributed by atoms with van der Waals surface area (Å²) in [4.78, 5) is 17.8. The third-order valence-corrected chi connectivity index (χ3v) is 4.33. The van der Waals surface area contributed by atoms with Gasteiger partial charge in [0.1, 0.15) is 11.6 Å². The van der Waals surface area contributed by atoms with Gasteiger partial charge in [-0.1, -0.05) is 12.1 Å². The monoisotopic (exact) mass is 329 g/mol. The van der Waals surface area contributed by atoms with Gasteiger partial charge >= 0.3 is 0 Å². The molecule has 1 unspecified atom stereocenters. The number of aromatic nitrogens is 3. The predicted octanol–water partition coefficient (Wildman–Crippen LogP) is 1.07. The SMILES string of the molecule is COc1ccc(Cc2nc(C3CCCN(CC(N)=O)C3)n[nH]2)cc1. The quantitative estimate of drug-likeness (QED) is 0.826. The van der Waals surface area contributed by atoms with Gasteiger partial charge in [-0.25, -0.2) is 4.98 Å². The Labute approximate surface area is 141 Å². The maximum absolute atomic E-state index is 11.1. The minimum Gasteiger partial charge on any atom is -0.497 e. The highest BCUT2D eigenvalue weighted by atomic mass is 16.5. The van der Waals surface area contributed by atoms with E-state index in [4.69, 9.17) is 10.5 Å². The molecule has 7 heteroatoms. The molecule has 0 radical (unpaired) electrons. The van der Waals surface area contributed by atoms with Crippen molar-refractivity contribution in [2.75, 3.05) is 26.7 Å². The third kappa shape index (κ3) is 4.11. The fourth-order valence-electron chi connectivity index (χ4n) is 3.14. The van der Waals surface area contributed by atoms with Crippen LogP contribution in [0.4, 0.5) is 0 Å². The van der Waals surface area contributed by atoms with Crippen molar-refractivity contribution in [2.24, 2.45) is 5.73 Å². The molecule has 2 aromatic rings. The van der Waals surface area contributed by atoms with E-state index in [0.717, 1.165) is 48.9 Å². The van der Waals surface area contributed by atoms with Crippen molar-refractivity contribution >= 4 is 5.91 Å². The molecule has 1 atom stereocenters. The number of rotatable bonds is 6. The number of hydrogen-bond acceptors (Lipinski definition) is 5. The lowest BCUT2D eigenvalue weighted by Gasteiger charge is -2.30. The number of methoxy groups -OCH3 is 1. The second-order valence-electron chi connectivity index (χ2n) is 6.21. The normalized spacial score (nSPS) is 18.5. The van der Waals surface area contributed by atoms with E-state index in [2.05, 4.69) is 20.1 Å². The summed E-state index contributed by atoms with van der Waals surface area (Å²) in [6.07, 6.45) is 2.77. The van der Waals surface area contributed by atoms with E-state index in [1.807, 2.05) is 24.3 Å². The van der Waals surface area contributed by atoms with Crippen molar-refractivity contribution in [3.05, 3.63) is 41.5 Å². The number of H-pyrrole nitrogens is 1. The number of amides is 1. The summed E-state index contributed by atoms with van der Waals surface area (Å²) in [5, 5.41) is 7.41. The summed E-state index contributed by atoms with van der Waals surface area (Å²) in [6, 6.07) is 7.93. The zero-order valence-corrected chi connectivity index (χ0v) is 13.9. The van der Waals surface area contributed by atoms with E-state index in [1.165, 1.54) is 0 Å². The van der Waals surface area contributed by atoms with Gasteiger partial charge in [0.15, 0.2) is 5.82 Å². The zero-order valence-electron chi connectivity index (χ0n) is 13.9. The van der Waals surface area contributed by atoms with Crippen molar-refractivity contribution in [1.29, 1.82) is 0 Å². The van der Waals surface area contributed by atoms with Crippen LogP contribution in [0.1, 0.15) is 36.0 Å². The molecule has 7 nitrogen and oxygen atoms in total. The molecule has 0 bridgehead atoms. The van der Waals surface area contributed by atoms with Crippen molar-refractivity contribution in [3.8, 4) is 5.75 Å². The predicted molar refractivity (Wildman–Crippen MR) is 89.8 cm³/mol. The van der Waals surface area contributed by atoms with Crippen LogP contribution in [-0.2, 0) is 11.2 Å². The largest absolute Gasteiger partial charge is 0.497 e. The molecule has 0 aliphatic carbocycles. The van der Waals surface area contributed by atoms with E-state index in [-0.39, 0.29) is 11.8 Å². The Kier molecular flexibility index (Phi) is 5.10. The molecular weight excluding hydrogens is 306 g/mol. The molecule has 1 amide bonds. The fraction of sp³-hybridized carbons (Fsp3) is 0.471. The molecule has 1 aliphatic heterocycles. The van der Waals surface area contributed by atoms with Gasteiger partial charge in [-0.15, -0.1) is 0 Å². The molecule has 128 valence electrons. The Morgan fingerprint density at radius 2 is 2.21 bits per heavy atom. The Balaban J connectivity index is 1.62. The van der Waals surface area contributed by atoms with Crippen LogP contribution < -0.4 is 10.5 Å². The second-order valence-corrected chi connectivity index (χ2v) is 6.21. The first-order chi connectivity index (χ1) is 11.6. The van der Waals surface area contributed by atoms with Crippen molar-refractivity contribution in [1.82, 2.24) is 20.1 Å². The second kappa shape index (κ2) is 7.44. The molecule has 1 aliphatic rings. The average Bonchev–Trinajstić information content (AvgIpc) is 3.04. The molecule has 1 fully saturated rings. The van der Waals surface area contributed by atoms with Gasteiger partial charge in [0.2, 0.25) is 5.91 Å². The number of nitrogens with one attached hydrogen (secondary N) is 1. The molecular formula is C17H23N5O2. The Bertz CT molecular complexity index is 683. The molecule has 1 saturated heterocycles. The summed E-state index contributed by atoms with van der Waals surface area (Å²) < 4.78 is 5.17. The number of carbonyl (C=O) groups is 1. The first kappa shape index (κ1) is 16.4. The highest BCUT2D eigenvalue weighted by Gasteiger charge is 2.25. The molecule has 0 saturated carbocycles. The number of primary amides is 1. The number of piperidine rings is 1. The topological polar surface area (TPSA) is 97.1 Å². The molecule has 0 spiro atoms. The lowest BCUT2D eigenvalue weighted by molar-refractivity contribution is -0.119. The highest BCUT2D eigenvalue weighted by Crippen LogP contribution is 2.24. The van der Waals surface area contributed by atoms with Gasteiger partial charge in [-0.05, 0) is 37.1 Å². The van der Waals surface area contributed by atoms with Gasteiger partial charge in [0.25, 0.3) is 0 Å². The number of benzene rings is 1. The molecule has 3 N–H and O–H groups in total. The Hall–Kier alpha value is -2.41. The van der Waals surface area contributed by atoms with Crippen LogP contribution in [0.5, 0.6) is 5.75 Å². The Morgan fingerprint density at radius 3 is 2.92 bits per heavy atom. The van der Waals surface area contributed by atoms with E-state index in [9.17, 15) is 4.79 Å². The zero-order chi connectivity index (χ0) is 16.9. The Morgan fingerprint density at radius 1 is 1.42 bits per heavy atom. The summed E-state index contributed by atoms with van der Waals surface area (Å²) in [7, 11) is 1.66. The van der Waals surface area contributed by atoms with Crippen LogP contribution in [0.3, 0.4) is 0 Å². The summed E-state index contributed by atoms with van der Waals surface area (Å²) in [5.41, 5.74) is 6.44. The van der Waals surface area contributed by atoms with Crippen LogP contribution in [0.15, 0.2) is 24.3 Å². The molecule has 1 aromatic heterocycles. The first-order valence-electron chi connectivity index (χ1n) is 8.19. The van der Waals surface area contributed by atoms with Crippen LogP contribution in [0, 0.1) is 0 Å². The molecule has 24 heavy (non-hydrogen) atoms. The van der Waals surface area contributed by atoms with Gasteiger partial charge in [-0.2, -0.15) is 5.10 Å². The average molecular weight is 329 g/mol. The van der Waals surface area contributed by atoms with Gasteiger partial charge < -0.3 is 10.5 Å². The number of hydrogen-bond donors (Lipinski definition) is 2. The van der Waals surface area contributed by atoms with E-state index >= 15 is 0 Å². The summed E-state index contributed by atoms with van der Waals surface area (Å²) >= 11 is 0. The fourth-order valence-corrected chi connectivity index (χ4v) is 3.14. The lowest BCUT2D eigenvalue weighted by atomic mass is 9.97. The maximum atomic E-state index is 11.1. The van der Waals surface area contributed by atoms with Gasteiger partial charge in [0, 0.05) is 18.9 Å². The smallest absolute Gasteiger partial charge is 0.231 e. The first-order valence-corrected chi connectivity index (χ1v) is 8.19. The minimum atomic E-state index is -0.286. The van der Waals surface area contributed by atoms with Crippen LogP contribution in [0.2, 0.25) is 0 Å². The van der Waals surface area contributed by atoms with Crippen LogP contribution >= 0.6 is 0 Å². The third-order valence-electron chi connectivity index (χ3n) is 4.33. The minimum absolute atomic E-state index is 0.249. The number of ether oxygens (including phenoxy) is 1. The summed E-state index contributed by atoms with van der Waals surface area (Å²) in [5.74, 6) is 2.48. The van der Waals surface area contributed by atoms with Crippen molar-refractivity contribution in [3.63, 3.8) is 0 Å². The van der Waals surface area contributed by atoms with E-state index in [0.29, 0.717) is 13.0 Å². The number of likely N-dealkylation sites (tertiary alicyclic amines) is 1. The van der Waals surface area contributed by atoms with Crippen molar-refractivity contribution < 1.29 is 9.53 Å². The van der Waals surface area contributed by atoms with Crippen LogP contribution in [-0.4, -0.2) is 52.7 Å². The van der Waals surface area contributed by atoms with E-state index in [1.54, 1.807) is 7.11 Å². The van der Waals surface area contributed by atoms with E-state index < -0.39 is 0 Å². The molecule has 2 heterocycles. The van der Waals surface area contributed by atoms with Crippen molar-refractivity contribution in [2.45, 2.75) is 25.2 Å². The summed E-state index contributed by atoms with van der Waals surface area (Å²) in [6.45, 7) is 1.99. The number of carbonyl (C=O) groups excluding carboxylic acids is 1.